The lowest BCUT2D eigenvalue weighted by Crippen LogP contribution is -2.13. The standard InChI is InChI=1S/C23H27N3O5/c1-6-30-18-11-9-16(13-20(18)31-7-2)23(27)24-22-21(14(3)25-26-22)15-8-10-17(28-4)19(12-15)29-5/h8-13H,6-7H2,1-5H3,(H2,24,25,26,27). The van der Waals surface area contributed by atoms with Gasteiger partial charge in [-0.1, -0.05) is 6.07 Å². The molecule has 0 spiro atoms. The van der Waals surface area contributed by atoms with Crippen molar-refractivity contribution in [2.24, 2.45) is 0 Å². The highest BCUT2D eigenvalue weighted by Crippen LogP contribution is 2.36. The van der Waals surface area contributed by atoms with Crippen LogP contribution < -0.4 is 24.3 Å². The van der Waals surface area contributed by atoms with E-state index in [2.05, 4.69) is 15.5 Å². The number of hydrogen-bond donors (Lipinski definition) is 2. The third kappa shape index (κ3) is 4.74. The monoisotopic (exact) mass is 425 g/mol. The number of aromatic amines is 1. The van der Waals surface area contributed by atoms with E-state index in [1.54, 1.807) is 32.4 Å². The Balaban J connectivity index is 1.91. The first-order valence-corrected chi connectivity index (χ1v) is 10.0. The second-order valence-electron chi connectivity index (χ2n) is 6.62. The van der Waals surface area contributed by atoms with E-state index in [0.29, 0.717) is 47.6 Å². The molecule has 1 heterocycles. The van der Waals surface area contributed by atoms with E-state index < -0.39 is 0 Å². The first-order valence-electron chi connectivity index (χ1n) is 10.0. The van der Waals surface area contributed by atoms with E-state index in [1.165, 1.54) is 0 Å². The molecule has 3 aromatic rings. The van der Waals surface area contributed by atoms with Gasteiger partial charge < -0.3 is 24.3 Å². The van der Waals surface area contributed by atoms with Crippen molar-refractivity contribution >= 4 is 11.7 Å². The maximum Gasteiger partial charge on any atom is 0.257 e. The van der Waals surface area contributed by atoms with Crippen molar-refractivity contribution in [2.45, 2.75) is 20.8 Å². The highest BCUT2D eigenvalue weighted by molar-refractivity contribution is 6.06. The smallest absolute Gasteiger partial charge is 0.257 e. The lowest BCUT2D eigenvalue weighted by atomic mass is 10.0. The fourth-order valence-corrected chi connectivity index (χ4v) is 3.24. The van der Waals surface area contributed by atoms with Gasteiger partial charge in [0.1, 0.15) is 0 Å². The van der Waals surface area contributed by atoms with Gasteiger partial charge in [0, 0.05) is 16.8 Å². The van der Waals surface area contributed by atoms with Crippen LogP contribution in [-0.2, 0) is 0 Å². The third-order valence-corrected chi connectivity index (χ3v) is 4.66. The molecular formula is C23H27N3O5. The molecule has 0 unspecified atom stereocenters. The van der Waals surface area contributed by atoms with Crippen molar-refractivity contribution in [1.29, 1.82) is 0 Å². The van der Waals surface area contributed by atoms with Gasteiger partial charge in [0.15, 0.2) is 28.8 Å². The Morgan fingerprint density at radius 1 is 0.935 bits per heavy atom. The number of anilines is 1. The Hall–Kier alpha value is -3.68. The number of nitrogens with zero attached hydrogens (tertiary/aromatic N) is 1. The summed E-state index contributed by atoms with van der Waals surface area (Å²) in [6.45, 7) is 6.63. The SMILES string of the molecule is CCOc1ccc(C(=O)Nc2n[nH]c(C)c2-c2ccc(OC)c(OC)c2)cc1OCC. The lowest BCUT2D eigenvalue weighted by Gasteiger charge is -2.13. The quantitative estimate of drug-likeness (QED) is 0.526. The van der Waals surface area contributed by atoms with E-state index in [-0.39, 0.29) is 5.91 Å². The van der Waals surface area contributed by atoms with Gasteiger partial charge in [-0.2, -0.15) is 5.10 Å². The number of aromatic nitrogens is 2. The van der Waals surface area contributed by atoms with Crippen LogP contribution in [0.3, 0.4) is 0 Å². The van der Waals surface area contributed by atoms with Gasteiger partial charge >= 0.3 is 0 Å². The van der Waals surface area contributed by atoms with Gasteiger partial charge in [-0.25, -0.2) is 0 Å². The van der Waals surface area contributed by atoms with E-state index in [4.69, 9.17) is 18.9 Å². The molecule has 2 aromatic carbocycles. The van der Waals surface area contributed by atoms with E-state index in [9.17, 15) is 4.79 Å². The summed E-state index contributed by atoms with van der Waals surface area (Å²) in [5.41, 5.74) is 2.85. The molecule has 0 bridgehead atoms. The molecule has 0 fully saturated rings. The molecular weight excluding hydrogens is 398 g/mol. The molecule has 0 saturated carbocycles. The number of nitrogens with one attached hydrogen (secondary N) is 2. The molecule has 1 amide bonds. The van der Waals surface area contributed by atoms with Crippen LogP contribution in [0.15, 0.2) is 36.4 Å². The van der Waals surface area contributed by atoms with Crippen molar-refractivity contribution in [3.63, 3.8) is 0 Å². The summed E-state index contributed by atoms with van der Waals surface area (Å²) in [4.78, 5) is 13.0. The summed E-state index contributed by atoms with van der Waals surface area (Å²) >= 11 is 0. The molecule has 8 nitrogen and oxygen atoms in total. The fourth-order valence-electron chi connectivity index (χ4n) is 3.24. The van der Waals surface area contributed by atoms with Crippen LogP contribution in [0.25, 0.3) is 11.1 Å². The number of aryl methyl sites for hydroxylation is 1. The summed E-state index contributed by atoms with van der Waals surface area (Å²) < 4.78 is 21.9. The molecule has 0 aliphatic heterocycles. The van der Waals surface area contributed by atoms with Gasteiger partial charge in [-0.15, -0.1) is 0 Å². The predicted octanol–water partition coefficient (Wildman–Crippen LogP) is 4.45. The largest absolute Gasteiger partial charge is 0.493 e. The minimum Gasteiger partial charge on any atom is -0.493 e. The summed E-state index contributed by atoms with van der Waals surface area (Å²) in [6.07, 6.45) is 0. The minimum absolute atomic E-state index is 0.308. The summed E-state index contributed by atoms with van der Waals surface area (Å²) in [5, 5.41) is 10.1. The van der Waals surface area contributed by atoms with Crippen LogP contribution in [0.5, 0.6) is 23.0 Å². The lowest BCUT2D eigenvalue weighted by molar-refractivity contribution is 0.102. The van der Waals surface area contributed by atoms with Crippen LogP contribution in [0.4, 0.5) is 5.82 Å². The summed E-state index contributed by atoms with van der Waals surface area (Å²) in [7, 11) is 3.16. The van der Waals surface area contributed by atoms with E-state index in [0.717, 1.165) is 16.8 Å². The van der Waals surface area contributed by atoms with Gasteiger partial charge in [0.25, 0.3) is 5.91 Å². The van der Waals surface area contributed by atoms with Crippen LogP contribution >= 0.6 is 0 Å². The van der Waals surface area contributed by atoms with Crippen LogP contribution in [0.2, 0.25) is 0 Å². The molecule has 3 rings (SSSR count). The van der Waals surface area contributed by atoms with Crippen LogP contribution in [0, 0.1) is 6.92 Å². The number of ether oxygens (including phenoxy) is 4. The number of amides is 1. The van der Waals surface area contributed by atoms with Gasteiger partial charge in [0.05, 0.1) is 27.4 Å². The number of hydrogen-bond acceptors (Lipinski definition) is 6. The number of H-pyrrole nitrogens is 1. The second kappa shape index (κ2) is 9.88. The Labute approximate surface area is 181 Å². The Morgan fingerprint density at radius 3 is 2.29 bits per heavy atom. The van der Waals surface area contributed by atoms with Crippen molar-refractivity contribution in [1.82, 2.24) is 10.2 Å². The molecule has 8 heteroatoms. The highest BCUT2D eigenvalue weighted by Gasteiger charge is 2.19. The molecule has 0 aliphatic rings. The van der Waals surface area contributed by atoms with Gasteiger partial charge in [-0.05, 0) is 56.7 Å². The topological polar surface area (TPSA) is 94.7 Å². The molecule has 31 heavy (non-hydrogen) atoms. The zero-order chi connectivity index (χ0) is 22.4. The molecule has 0 atom stereocenters. The molecule has 164 valence electrons. The van der Waals surface area contributed by atoms with Crippen molar-refractivity contribution in [2.75, 3.05) is 32.8 Å². The van der Waals surface area contributed by atoms with Crippen molar-refractivity contribution in [3.8, 4) is 34.1 Å². The number of methoxy groups -OCH3 is 2. The number of rotatable bonds is 9. The molecule has 2 N–H and O–H groups in total. The fraction of sp³-hybridized carbons (Fsp3) is 0.304. The molecule has 0 saturated heterocycles. The minimum atomic E-state index is -0.308. The average Bonchev–Trinajstić information content (AvgIpc) is 3.14. The Kier molecular flexibility index (Phi) is 7.02. The van der Waals surface area contributed by atoms with Crippen LogP contribution in [0.1, 0.15) is 29.9 Å². The molecule has 0 radical (unpaired) electrons. The highest BCUT2D eigenvalue weighted by atomic mass is 16.5. The van der Waals surface area contributed by atoms with Gasteiger partial charge in [0.2, 0.25) is 0 Å². The third-order valence-electron chi connectivity index (χ3n) is 4.66. The van der Waals surface area contributed by atoms with Crippen molar-refractivity contribution in [3.05, 3.63) is 47.7 Å². The second-order valence-corrected chi connectivity index (χ2v) is 6.62. The molecule has 0 aliphatic carbocycles. The summed E-state index contributed by atoms with van der Waals surface area (Å²) in [6, 6.07) is 10.6. The Bertz CT molecular complexity index is 1060. The maximum absolute atomic E-state index is 13.0. The maximum atomic E-state index is 13.0. The Morgan fingerprint density at radius 2 is 1.61 bits per heavy atom. The number of carbonyl (C=O) groups is 1. The van der Waals surface area contributed by atoms with Crippen molar-refractivity contribution < 1.29 is 23.7 Å². The average molecular weight is 425 g/mol. The number of carbonyl (C=O) groups excluding carboxylic acids is 1. The number of benzene rings is 2. The zero-order valence-electron chi connectivity index (χ0n) is 18.4. The van der Waals surface area contributed by atoms with E-state index in [1.807, 2.05) is 39.0 Å². The molecule has 1 aromatic heterocycles. The van der Waals surface area contributed by atoms with E-state index >= 15 is 0 Å². The summed E-state index contributed by atoms with van der Waals surface area (Å²) in [5.74, 6) is 2.44. The first kappa shape index (κ1) is 22.0. The predicted molar refractivity (Wildman–Crippen MR) is 119 cm³/mol. The normalized spacial score (nSPS) is 10.5. The van der Waals surface area contributed by atoms with Crippen LogP contribution in [-0.4, -0.2) is 43.5 Å². The zero-order valence-corrected chi connectivity index (χ0v) is 18.4. The van der Waals surface area contributed by atoms with Gasteiger partial charge in [-0.3, -0.25) is 9.89 Å². The first-order chi connectivity index (χ1) is 15.0.